The van der Waals surface area contributed by atoms with Crippen LogP contribution in [0.1, 0.15) is 89.9 Å². The van der Waals surface area contributed by atoms with Crippen LogP contribution in [0.3, 0.4) is 0 Å². The van der Waals surface area contributed by atoms with Crippen molar-refractivity contribution < 1.29 is 33.4 Å². The first-order valence-corrected chi connectivity index (χ1v) is 19.8. The fraction of sp³-hybridized carbons (Fsp3) is 0.409. The molecule has 4 aromatic rings. The average molecular weight is 771 g/mol. The number of hydrogen-bond acceptors (Lipinski definition) is 11. The molecule has 5 heterocycles. The molecule has 9 rings (SSSR count). The summed E-state index contributed by atoms with van der Waals surface area (Å²) in [6.07, 6.45) is 5.84. The minimum atomic E-state index is -0.986. The largest absolute Gasteiger partial charge is 0.490 e. The van der Waals surface area contributed by atoms with Crippen LogP contribution in [0.4, 0.5) is 11.6 Å². The lowest BCUT2D eigenvalue weighted by molar-refractivity contribution is -0.136. The molecule has 1 unspecified atom stereocenters. The summed E-state index contributed by atoms with van der Waals surface area (Å²) in [5, 5.41) is 5.68. The van der Waals surface area contributed by atoms with Crippen LogP contribution in [0.5, 0.6) is 11.5 Å². The summed E-state index contributed by atoms with van der Waals surface area (Å²) in [4.78, 5) is 62.7. The summed E-state index contributed by atoms with van der Waals surface area (Å²) in [6, 6.07) is 22.7. The van der Waals surface area contributed by atoms with Gasteiger partial charge in [-0.2, -0.15) is 0 Å². The van der Waals surface area contributed by atoms with E-state index in [2.05, 4.69) is 58.6 Å². The number of amides is 4. The molecule has 4 aliphatic heterocycles. The summed E-state index contributed by atoms with van der Waals surface area (Å²) < 4.78 is 18.0. The van der Waals surface area contributed by atoms with Crippen molar-refractivity contribution in [3.8, 4) is 11.5 Å². The minimum absolute atomic E-state index is 0.0448. The third-order valence-electron chi connectivity index (χ3n) is 12.3. The molecule has 3 aromatic carbocycles. The van der Waals surface area contributed by atoms with Gasteiger partial charge in [-0.3, -0.25) is 29.4 Å². The van der Waals surface area contributed by atoms with Crippen LogP contribution in [0.2, 0.25) is 0 Å². The van der Waals surface area contributed by atoms with Gasteiger partial charge in [0, 0.05) is 74.3 Å². The van der Waals surface area contributed by atoms with E-state index in [1.165, 1.54) is 11.1 Å². The zero-order chi connectivity index (χ0) is 39.3. The highest BCUT2D eigenvalue weighted by atomic mass is 16.5. The van der Waals surface area contributed by atoms with E-state index >= 15 is 0 Å². The molecule has 1 atom stereocenters. The van der Waals surface area contributed by atoms with Crippen molar-refractivity contribution >= 4 is 35.3 Å². The number of carbonyl (C=O) groups excluding carboxylic acids is 4. The van der Waals surface area contributed by atoms with Gasteiger partial charge in [-0.15, -0.1) is 0 Å². The number of carbonyl (C=O) groups is 4. The monoisotopic (exact) mass is 770 g/mol. The minimum Gasteiger partial charge on any atom is -0.490 e. The Labute approximate surface area is 331 Å². The quantitative estimate of drug-likeness (QED) is 0.188. The Balaban J connectivity index is 0.743. The number of nitrogens with zero attached hydrogens (tertiary/aromatic N) is 4. The van der Waals surface area contributed by atoms with Crippen LogP contribution in [-0.4, -0.2) is 83.0 Å². The van der Waals surface area contributed by atoms with E-state index in [0.29, 0.717) is 12.0 Å². The van der Waals surface area contributed by atoms with Crippen molar-refractivity contribution in [3.63, 3.8) is 0 Å². The Kier molecular flexibility index (Phi) is 9.42. The molecule has 4 amide bonds. The van der Waals surface area contributed by atoms with Gasteiger partial charge in [0.15, 0.2) is 0 Å². The molecule has 2 N–H and O–H groups in total. The number of rotatable bonds is 11. The first kappa shape index (κ1) is 36.8. The zero-order valence-corrected chi connectivity index (χ0v) is 32.2. The maximum absolute atomic E-state index is 13.2. The molecule has 13 heteroatoms. The van der Waals surface area contributed by atoms with Crippen molar-refractivity contribution in [1.82, 2.24) is 20.2 Å². The number of piperidine rings is 1. The van der Waals surface area contributed by atoms with Gasteiger partial charge in [0.25, 0.3) is 11.8 Å². The van der Waals surface area contributed by atoms with E-state index in [0.717, 1.165) is 85.7 Å². The number of hydrogen-bond donors (Lipinski definition) is 2. The number of nitrogens with one attached hydrogen (secondary N) is 2. The molecule has 13 nitrogen and oxygen atoms in total. The summed E-state index contributed by atoms with van der Waals surface area (Å²) in [5.74, 6) is 0.310. The van der Waals surface area contributed by atoms with Crippen LogP contribution in [0.25, 0.3) is 0 Å². The van der Waals surface area contributed by atoms with E-state index in [9.17, 15) is 19.2 Å². The van der Waals surface area contributed by atoms with Crippen LogP contribution < -0.4 is 25.0 Å². The maximum Gasteiger partial charge on any atom is 0.262 e. The predicted octanol–water partition coefficient (Wildman–Crippen LogP) is 5.42. The van der Waals surface area contributed by atoms with Crippen LogP contribution in [-0.2, 0) is 26.3 Å². The molecule has 5 aliphatic rings. The lowest BCUT2D eigenvalue weighted by atomic mass is 9.73. The van der Waals surface area contributed by atoms with Gasteiger partial charge in [-0.25, -0.2) is 9.97 Å². The molecule has 1 saturated carbocycles. The Morgan fingerprint density at radius 1 is 0.877 bits per heavy atom. The van der Waals surface area contributed by atoms with E-state index in [1.54, 1.807) is 18.2 Å². The van der Waals surface area contributed by atoms with Gasteiger partial charge in [0.2, 0.25) is 17.8 Å². The van der Waals surface area contributed by atoms with Gasteiger partial charge in [0.1, 0.15) is 30.3 Å². The maximum atomic E-state index is 13.2. The van der Waals surface area contributed by atoms with E-state index in [-0.39, 0.29) is 41.5 Å². The van der Waals surface area contributed by atoms with Crippen molar-refractivity contribution in [2.24, 2.45) is 5.41 Å². The van der Waals surface area contributed by atoms with Crippen molar-refractivity contribution in [1.29, 1.82) is 0 Å². The Hall–Kier alpha value is -5.82. The van der Waals surface area contributed by atoms with Gasteiger partial charge in [-0.1, -0.05) is 38.1 Å². The predicted molar refractivity (Wildman–Crippen MR) is 210 cm³/mol. The Morgan fingerprint density at radius 2 is 1.56 bits per heavy atom. The second-order valence-electron chi connectivity index (χ2n) is 16.5. The second kappa shape index (κ2) is 14.6. The smallest absolute Gasteiger partial charge is 0.262 e. The van der Waals surface area contributed by atoms with Crippen LogP contribution >= 0.6 is 0 Å². The van der Waals surface area contributed by atoms with Gasteiger partial charge in [-0.05, 0) is 78.9 Å². The summed E-state index contributed by atoms with van der Waals surface area (Å²) >= 11 is 0. The number of anilines is 2. The SMILES string of the molecule is CC(C)(c1ccc(OCc2ccnc(N3CC4(CCOCC4)C3)n2)cc1)c1ccc(O[C@H]2C[C@@H](Nc3ccc4c(c3)C(=O)N(C3CCC(=O)NC3=O)C4=O)C2)cc1. The van der Waals surface area contributed by atoms with Crippen LogP contribution in [0, 0.1) is 5.41 Å². The molecule has 57 heavy (non-hydrogen) atoms. The summed E-state index contributed by atoms with van der Waals surface area (Å²) in [6.45, 7) is 8.45. The summed E-state index contributed by atoms with van der Waals surface area (Å²) in [7, 11) is 0. The number of aromatic nitrogens is 2. The molecular formula is C44H46N6O7. The van der Waals surface area contributed by atoms with E-state index < -0.39 is 29.7 Å². The number of fused-ring (bicyclic) bond motifs is 1. The molecular weight excluding hydrogens is 725 g/mol. The molecule has 0 radical (unpaired) electrons. The van der Waals surface area contributed by atoms with Crippen molar-refractivity contribution in [2.75, 3.05) is 36.5 Å². The topological polar surface area (TPSA) is 152 Å². The summed E-state index contributed by atoms with van der Waals surface area (Å²) in [5.41, 5.74) is 4.54. The zero-order valence-electron chi connectivity index (χ0n) is 32.2. The van der Waals surface area contributed by atoms with Crippen LogP contribution in [0.15, 0.2) is 79.0 Å². The van der Waals surface area contributed by atoms with E-state index in [4.69, 9.17) is 19.2 Å². The van der Waals surface area contributed by atoms with Gasteiger partial charge in [0.05, 0.1) is 16.8 Å². The Bertz CT molecular complexity index is 2200. The molecule has 1 aliphatic carbocycles. The average Bonchev–Trinajstić information content (AvgIpc) is 3.44. The van der Waals surface area contributed by atoms with Crippen molar-refractivity contribution in [2.45, 2.75) is 82.6 Å². The first-order chi connectivity index (χ1) is 27.5. The van der Waals surface area contributed by atoms with Gasteiger partial charge >= 0.3 is 0 Å². The highest BCUT2D eigenvalue weighted by Crippen LogP contribution is 2.41. The lowest BCUT2D eigenvalue weighted by Gasteiger charge is -2.52. The number of imide groups is 2. The lowest BCUT2D eigenvalue weighted by Crippen LogP contribution is -2.59. The molecule has 3 saturated heterocycles. The number of ether oxygens (including phenoxy) is 3. The number of benzene rings is 3. The fourth-order valence-electron chi connectivity index (χ4n) is 8.65. The standard InChI is InChI=1S/C44H46N6O7/c1-43(2,27-3-8-32(9-4-27)56-24-30-15-18-45-42(47-30)49-25-44(26-49)16-19-55-20-17-44)28-5-10-33(11-6-28)57-34-21-31(22-34)46-29-7-12-35-36(23-29)41(54)50(40(35)53)37-13-14-38(51)48-39(37)52/h3-12,15,18,23,31,34,37,46H,13-14,16-17,19-22,24-26H2,1-2H3,(H,48,51,52)/t31-,34+,37?. The van der Waals surface area contributed by atoms with Crippen molar-refractivity contribution in [3.05, 3.63) is 107 Å². The second-order valence-corrected chi connectivity index (χ2v) is 16.5. The fourth-order valence-corrected chi connectivity index (χ4v) is 8.65. The first-order valence-electron chi connectivity index (χ1n) is 19.8. The van der Waals surface area contributed by atoms with Gasteiger partial charge < -0.3 is 24.4 Å². The van der Waals surface area contributed by atoms with E-state index in [1.807, 2.05) is 36.5 Å². The molecule has 294 valence electrons. The molecule has 0 bridgehead atoms. The third-order valence-corrected chi connectivity index (χ3v) is 12.3. The molecule has 4 fully saturated rings. The highest BCUT2D eigenvalue weighted by molar-refractivity contribution is 6.23. The third kappa shape index (κ3) is 7.20. The molecule has 1 aromatic heterocycles. The molecule has 1 spiro atoms. The Morgan fingerprint density at radius 3 is 2.26 bits per heavy atom. The highest BCUT2D eigenvalue weighted by Gasteiger charge is 2.46. The normalized spacial score (nSPS) is 22.7.